The number of amides is 2. The van der Waals surface area contributed by atoms with Crippen LogP contribution in [-0.2, 0) is 9.47 Å². The predicted molar refractivity (Wildman–Crippen MR) is 158 cm³/mol. The van der Waals surface area contributed by atoms with E-state index in [0.717, 1.165) is 54.2 Å². The molecule has 42 heavy (non-hydrogen) atoms. The number of nitrogens with zero attached hydrogens (tertiary/aromatic N) is 4. The zero-order valence-electron chi connectivity index (χ0n) is 25.3. The van der Waals surface area contributed by atoms with Crippen LogP contribution in [0.25, 0.3) is 11.3 Å². The first kappa shape index (κ1) is 29.2. The Morgan fingerprint density at radius 1 is 0.786 bits per heavy atom. The van der Waals surface area contributed by atoms with E-state index in [1.165, 1.54) is 0 Å². The highest BCUT2D eigenvalue weighted by Gasteiger charge is 2.36. The van der Waals surface area contributed by atoms with Gasteiger partial charge in [-0.15, -0.1) is 0 Å². The largest absolute Gasteiger partial charge is 0.444 e. The van der Waals surface area contributed by atoms with Crippen molar-refractivity contribution < 1.29 is 19.1 Å². The highest BCUT2D eigenvalue weighted by Crippen LogP contribution is 2.33. The Balaban J connectivity index is 1.23. The summed E-state index contributed by atoms with van der Waals surface area (Å²) in [5, 5.41) is 0. The molecule has 2 fully saturated rings. The fourth-order valence-electron chi connectivity index (χ4n) is 5.27. The van der Waals surface area contributed by atoms with Crippen molar-refractivity contribution in [1.29, 1.82) is 0 Å². The molecule has 222 valence electrons. The maximum Gasteiger partial charge on any atom is 0.410 e. The molecule has 3 aromatic rings. The lowest BCUT2D eigenvalue weighted by atomic mass is 10.1. The number of carbonyl (C=O) groups is 2. The number of hydrogen-bond donors (Lipinski definition) is 2. The molecule has 2 aromatic heterocycles. The van der Waals surface area contributed by atoms with Crippen molar-refractivity contribution in [2.24, 2.45) is 0 Å². The Morgan fingerprint density at radius 3 is 1.86 bits per heavy atom. The van der Waals surface area contributed by atoms with Crippen LogP contribution in [0.4, 0.5) is 9.59 Å². The number of imidazole rings is 2. The number of benzene rings is 1. The van der Waals surface area contributed by atoms with E-state index in [4.69, 9.17) is 9.47 Å². The van der Waals surface area contributed by atoms with Gasteiger partial charge in [0.1, 0.15) is 28.5 Å². The van der Waals surface area contributed by atoms with Gasteiger partial charge in [-0.05, 0) is 90.8 Å². The molecule has 10 nitrogen and oxygen atoms in total. The number of hydrogen-bond acceptors (Lipinski definition) is 6. The van der Waals surface area contributed by atoms with Gasteiger partial charge in [-0.25, -0.2) is 19.6 Å². The van der Waals surface area contributed by atoms with Gasteiger partial charge in [0, 0.05) is 18.7 Å². The van der Waals surface area contributed by atoms with Crippen molar-refractivity contribution in [3.8, 4) is 23.1 Å². The summed E-state index contributed by atoms with van der Waals surface area (Å²) >= 11 is 0. The van der Waals surface area contributed by atoms with E-state index < -0.39 is 11.2 Å². The number of rotatable bonds is 3. The number of nitrogens with one attached hydrogen (secondary N) is 2. The summed E-state index contributed by atoms with van der Waals surface area (Å²) in [5.74, 6) is 7.82. The monoisotopic (exact) mass is 572 g/mol. The van der Waals surface area contributed by atoms with Gasteiger partial charge in [-0.3, -0.25) is 9.80 Å². The quantitative estimate of drug-likeness (QED) is 0.354. The van der Waals surface area contributed by atoms with Crippen LogP contribution in [-0.4, -0.2) is 66.2 Å². The van der Waals surface area contributed by atoms with Crippen molar-refractivity contribution in [3.63, 3.8) is 0 Å². The molecule has 2 aliphatic rings. The third kappa shape index (κ3) is 6.96. The Morgan fingerprint density at radius 2 is 1.31 bits per heavy atom. The fraction of sp³-hybridized carbons (Fsp3) is 0.500. The van der Waals surface area contributed by atoms with Crippen LogP contribution in [0.2, 0.25) is 0 Å². The summed E-state index contributed by atoms with van der Waals surface area (Å²) in [6.45, 7) is 12.5. The van der Waals surface area contributed by atoms with Crippen molar-refractivity contribution in [1.82, 2.24) is 29.7 Å². The molecule has 10 heteroatoms. The van der Waals surface area contributed by atoms with Gasteiger partial charge >= 0.3 is 12.2 Å². The van der Waals surface area contributed by atoms with Gasteiger partial charge in [0.25, 0.3) is 0 Å². The number of H-pyrrole nitrogens is 2. The number of carbonyl (C=O) groups excluding carboxylic acids is 2. The van der Waals surface area contributed by atoms with Gasteiger partial charge in [-0.2, -0.15) is 0 Å². The average Bonchev–Trinajstić information content (AvgIpc) is 3.71. The van der Waals surface area contributed by atoms with Crippen LogP contribution in [0.15, 0.2) is 36.7 Å². The van der Waals surface area contributed by atoms with Crippen molar-refractivity contribution in [3.05, 3.63) is 59.6 Å². The molecule has 0 unspecified atom stereocenters. The summed E-state index contributed by atoms with van der Waals surface area (Å²) in [7, 11) is 0. The van der Waals surface area contributed by atoms with E-state index in [-0.39, 0.29) is 24.3 Å². The Labute approximate surface area is 247 Å². The molecule has 0 radical (unpaired) electrons. The van der Waals surface area contributed by atoms with E-state index in [1.54, 1.807) is 22.2 Å². The Bertz CT molecular complexity index is 1480. The van der Waals surface area contributed by atoms with Gasteiger partial charge in [0.2, 0.25) is 0 Å². The first-order valence-electron chi connectivity index (χ1n) is 14.6. The first-order valence-corrected chi connectivity index (χ1v) is 14.6. The van der Waals surface area contributed by atoms with Crippen LogP contribution in [0.3, 0.4) is 0 Å². The van der Waals surface area contributed by atoms with E-state index in [2.05, 4.69) is 31.8 Å². The Hall–Kier alpha value is -4.26. The van der Waals surface area contributed by atoms with Gasteiger partial charge in [0.05, 0.1) is 30.2 Å². The van der Waals surface area contributed by atoms with E-state index in [9.17, 15) is 9.59 Å². The van der Waals surface area contributed by atoms with E-state index in [1.807, 2.05) is 65.8 Å². The van der Waals surface area contributed by atoms with Gasteiger partial charge in [-0.1, -0.05) is 18.1 Å². The normalized spacial score (nSPS) is 19.0. The minimum absolute atomic E-state index is 0.126. The van der Waals surface area contributed by atoms with E-state index in [0.29, 0.717) is 18.8 Å². The van der Waals surface area contributed by atoms with Crippen LogP contribution < -0.4 is 0 Å². The minimum Gasteiger partial charge on any atom is -0.444 e. The number of likely N-dealkylation sites (tertiary alicyclic amines) is 2. The summed E-state index contributed by atoms with van der Waals surface area (Å²) in [5.41, 5.74) is 2.32. The third-order valence-corrected chi connectivity index (χ3v) is 7.12. The minimum atomic E-state index is -0.543. The lowest BCUT2D eigenvalue weighted by Gasteiger charge is -2.27. The lowest BCUT2D eigenvalue weighted by Crippen LogP contribution is -2.36. The van der Waals surface area contributed by atoms with Crippen LogP contribution in [0, 0.1) is 11.8 Å². The van der Waals surface area contributed by atoms with Crippen LogP contribution >= 0.6 is 0 Å². The molecule has 5 rings (SSSR count). The summed E-state index contributed by atoms with van der Waals surface area (Å²) in [6, 6.07) is 7.65. The molecular formula is C32H40N6O4. The first-order chi connectivity index (χ1) is 19.9. The van der Waals surface area contributed by atoms with Crippen molar-refractivity contribution in [2.75, 3.05) is 13.1 Å². The SMILES string of the molecule is CC(C)(C)OC(=O)N1CCC[C@H]1c1ncc(C#Cc2ccc(-c3cnc([C@@H]4CCCN4C(=O)OC(C)(C)C)[nH]3)cc2)[nH]1. The molecule has 4 heterocycles. The molecule has 0 saturated carbocycles. The highest BCUT2D eigenvalue weighted by atomic mass is 16.6. The smallest absolute Gasteiger partial charge is 0.410 e. The fourth-order valence-corrected chi connectivity index (χ4v) is 5.27. The zero-order valence-corrected chi connectivity index (χ0v) is 25.3. The van der Waals surface area contributed by atoms with Crippen molar-refractivity contribution >= 4 is 12.2 Å². The van der Waals surface area contributed by atoms with Crippen LogP contribution in [0.5, 0.6) is 0 Å². The maximum absolute atomic E-state index is 12.7. The highest BCUT2D eigenvalue weighted by molar-refractivity contribution is 5.70. The average molecular weight is 573 g/mol. The molecule has 2 aliphatic heterocycles. The maximum atomic E-state index is 12.7. The number of aromatic nitrogens is 4. The standard InChI is InChI=1S/C32H40N6O4/c1-31(2,3)41-29(39)37-17-7-9-25(37)27-33-19-23(35-27)16-13-21-11-14-22(15-12-21)24-20-34-28(36-24)26-10-8-18-38(26)30(40)42-32(4,5)6/h11-12,14-15,19-20,25-26H,7-10,17-18H2,1-6H3,(H,33,35)(H,34,36)/t25-,26-/m0/s1. The second kappa shape index (κ2) is 11.6. The molecule has 0 spiro atoms. The molecule has 0 bridgehead atoms. The molecule has 0 aliphatic carbocycles. The lowest BCUT2D eigenvalue weighted by molar-refractivity contribution is 0.0208. The third-order valence-electron chi connectivity index (χ3n) is 7.12. The topological polar surface area (TPSA) is 116 Å². The molecular weight excluding hydrogens is 532 g/mol. The number of aromatic amines is 2. The summed E-state index contributed by atoms with van der Waals surface area (Å²) in [6.07, 6.45) is 6.37. The summed E-state index contributed by atoms with van der Waals surface area (Å²) in [4.78, 5) is 44.6. The molecule has 2 N–H and O–H groups in total. The van der Waals surface area contributed by atoms with Crippen LogP contribution in [0.1, 0.15) is 102 Å². The second-order valence-corrected chi connectivity index (χ2v) is 12.9. The molecule has 1 aromatic carbocycles. The van der Waals surface area contributed by atoms with Gasteiger partial charge in [0.15, 0.2) is 0 Å². The van der Waals surface area contributed by atoms with Crippen molar-refractivity contribution in [2.45, 2.75) is 90.5 Å². The number of ether oxygens (including phenoxy) is 2. The summed E-state index contributed by atoms with van der Waals surface area (Å²) < 4.78 is 11.2. The predicted octanol–water partition coefficient (Wildman–Crippen LogP) is 6.34. The Kier molecular flexibility index (Phi) is 8.04. The zero-order chi connectivity index (χ0) is 30.1. The second-order valence-electron chi connectivity index (χ2n) is 12.9. The van der Waals surface area contributed by atoms with Gasteiger partial charge < -0.3 is 19.4 Å². The molecule has 2 saturated heterocycles. The molecule has 2 amide bonds. The van der Waals surface area contributed by atoms with E-state index >= 15 is 0 Å². The molecule has 2 atom stereocenters.